The first-order valence-corrected chi connectivity index (χ1v) is 7.54. The molecule has 0 aliphatic heterocycles. The van der Waals surface area contributed by atoms with E-state index in [9.17, 15) is 0 Å². The van der Waals surface area contributed by atoms with E-state index in [2.05, 4.69) is 62.5 Å². The summed E-state index contributed by atoms with van der Waals surface area (Å²) in [4.78, 5) is 0. The van der Waals surface area contributed by atoms with Crippen LogP contribution in [-0.4, -0.2) is 13.2 Å². The fourth-order valence-corrected chi connectivity index (χ4v) is 2.72. The number of benzene rings is 2. The maximum absolute atomic E-state index is 5.42. The van der Waals surface area contributed by atoms with Gasteiger partial charge in [-0.1, -0.05) is 48.0 Å². The molecule has 0 aromatic heterocycles. The minimum Gasteiger partial charge on any atom is -0.496 e. The van der Waals surface area contributed by atoms with Gasteiger partial charge < -0.3 is 10.1 Å². The molecule has 2 heteroatoms. The van der Waals surface area contributed by atoms with Crippen molar-refractivity contribution < 1.29 is 4.74 Å². The van der Waals surface area contributed by atoms with E-state index in [-0.39, 0.29) is 0 Å². The van der Waals surface area contributed by atoms with Crippen molar-refractivity contribution in [1.82, 2.24) is 5.32 Å². The Morgan fingerprint density at radius 3 is 2.52 bits per heavy atom. The fraction of sp³-hybridized carbons (Fsp3) is 0.368. The summed E-state index contributed by atoms with van der Waals surface area (Å²) in [6.45, 7) is 6.57. The molecule has 0 heterocycles. The predicted molar refractivity (Wildman–Crippen MR) is 88.9 cm³/mol. The van der Waals surface area contributed by atoms with Gasteiger partial charge in [-0.25, -0.2) is 0 Å². The zero-order valence-electron chi connectivity index (χ0n) is 13.4. The number of hydrogen-bond acceptors (Lipinski definition) is 2. The van der Waals surface area contributed by atoms with Crippen molar-refractivity contribution in [3.63, 3.8) is 0 Å². The SMILES string of the molecule is COc1ccccc1CC(C)N[C@@H](C)c1cccc(C)c1. The number of nitrogens with one attached hydrogen (secondary N) is 1. The number of para-hydroxylation sites is 1. The molecule has 0 aliphatic rings. The third-order valence-corrected chi connectivity index (χ3v) is 3.80. The van der Waals surface area contributed by atoms with Crippen LogP contribution in [0.5, 0.6) is 5.75 Å². The van der Waals surface area contributed by atoms with E-state index >= 15 is 0 Å². The third kappa shape index (κ3) is 4.33. The van der Waals surface area contributed by atoms with Gasteiger partial charge in [0.05, 0.1) is 7.11 Å². The Morgan fingerprint density at radius 1 is 1.05 bits per heavy atom. The van der Waals surface area contributed by atoms with E-state index in [0.29, 0.717) is 12.1 Å². The van der Waals surface area contributed by atoms with E-state index in [0.717, 1.165) is 12.2 Å². The van der Waals surface area contributed by atoms with Crippen LogP contribution < -0.4 is 10.1 Å². The lowest BCUT2D eigenvalue weighted by Gasteiger charge is -2.21. The van der Waals surface area contributed by atoms with Crippen molar-refractivity contribution in [3.05, 3.63) is 65.2 Å². The molecule has 0 saturated carbocycles. The number of rotatable bonds is 6. The maximum atomic E-state index is 5.42. The molecular formula is C19H25NO. The highest BCUT2D eigenvalue weighted by Crippen LogP contribution is 2.20. The van der Waals surface area contributed by atoms with E-state index in [4.69, 9.17) is 4.74 Å². The smallest absolute Gasteiger partial charge is 0.122 e. The molecule has 0 spiro atoms. The minimum absolute atomic E-state index is 0.342. The molecule has 2 rings (SSSR count). The molecule has 0 fully saturated rings. The lowest BCUT2D eigenvalue weighted by Crippen LogP contribution is -2.30. The first kappa shape index (κ1) is 15.6. The largest absolute Gasteiger partial charge is 0.496 e. The van der Waals surface area contributed by atoms with Crippen LogP contribution in [-0.2, 0) is 6.42 Å². The summed E-state index contributed by atoms with van der Waals surface area (Å²) in [5.74, 6) is 0.967. The molecule has 21 heavy (non-hydrogen) atoms. The monoisotopic (exact) mass is 283 g/mol. The minimum atomic E-state index is 0.342. The second-order valence-corrected chi connectivity index (χ2v) is 5.72. The molecule has 112 valence electrons. The standard InChI is InChI=1S/C19H25NO/c1-14-8-7-10-17(12-14)16(3)20-15(2)13-18-9-5-6-11-19(18)21-4/h5-12,15-16,20H,13H2,1-4H3/t15?,16-/m0/s1. The number of aryl methyl sites for hydroxylation is 1. The van der Waals surface area contributed by atoms with Crippen LogP contribution in [0.1, 0.15) is 36.6 Å². The zero-order valence-corrected chi connectivity index (χ0v) is 13.4. The van der Waals surface area contributed by atoms with Crippen LogP contribution in [0.2, 0.25) is 0 Å². The molecule has 2 nitrogen and oxygen atoms in total. The lowest BCUT2D eigenvalue weighted by atomic mass is 10.0. The first-order chi connectivity index (χ1) is 10.1. The van der Waals surface area contributed by atoms with Gasteiger partial charge in [-0.2, -0.15) is 0 Å². The Labute approximate surface area is 128 Å². The summed E-state index contributed by atoms with van der Waals surface area (Å²) in [7, 11) is 1.73. The number of methoxy groups -OCH3 is 1. The molecule has 0 radical (unpaired) electrons. The Kier molecular flexibility index (Phi) is 5.40. The summed E-state index contributed by atoms with van der Waals surface area (Å²) in [6.07, 6.45) is 0.959. The van der Waals surface area contributed by atoms with Crippen molar-refractivity contribution >= 4 is 0 Å². The summed E-state index contributed by atoms with van der Waals surface area (Å²) < 4.78 is 5.42. The third-order valence-electron chi connectivity index (χ3n) is 3.80. The summed E-state index contributed by atoms with van der Waals surface area (Å²) in [6, 6.07) is 17.6. The second kappa shape index (κ2) is 7.28. The van der Waals surface area contributed by atoms with Gasteiger partial charge in [0.1, 0.15) is 5.75 Å². The molecule has 2 aromatic rings. The Balaban J connectivity index is 1.99. The lowest BCUT2D eigenvalue weighted by molar-refractivity contribution is 0.403. The van der Waals surface area contributed by atoms with Crippen molar-refractivity contribution in [2.24, 2.45) is 0 Å². The van der Waals surface area contributed by atoms with Gasteiger partial charge in [-0.15, -0.1) is 0 Å². The van der Waals surface area contributed by atoms with Crippen LogP contribution in [0.15, 0.2) is 48.5 Å². The molecule has 2 aromatic carbocycles. The summed E-state index contributed by atoms with van der Waals surface area (Å²) in [5.41, 5.74) is 3.89. The summed E-state index contributed by atoms with van der Waals surface area (Å²) in [5, 5.41) is 3.67. The number of hydrogen-bond donors (Lipinski definition) is 1. The highest BCUT2D eigenvalue weighted by molar-refractivity contribution is 5.34. The molecule has 2 atom stereocenters. The quantitative estimate of drug-likeness (QED) is 0.854. The van der Waals surface area contributed by atoms with Crippen molar-refractivity contribution in [2.45, 2.75) is 39.3 Å². The van der Waals surface area contributed by atoms with E-state index in [1.54, 1.807) is 7.11 Å². The topological polar surface area (TPSA) is 21.3 Å². The molecule has 0 saturated heterocycles. The normalized spacial score (nSPS) is 13.7. The molecule has 0 bridgehead atoms. The highest BCUT2D eigenvalue weighted by atomic mass is 16.5. The van der Waals surface area contributed by atoms with Gasteiger partial charge in [0.15, 0.2) is 0 Å². The first-order valence-electron chi connectivity index (χ1n) is 7.54. The van der Waals surface area contributed by atoms with Gasteiger partial charge in [0.25, 0.3) is 0 Å². The average molecular weight is 283 g/mol. The van der Waals surface area contributed by atoms with Crippen LogP contribution in [0, 0.1) is 6.92 Å². The van der Waals surface area contributed by atoms with Crippen molar-refractivity contribution in [2.75, 3.05) is 7.11 Å². The fourth-order valence-electron chi connectivity index (χ4n) is 2.72. The van der Waals surface area contributed by atoms with Crippen LogP contribution >= 0.6 is 0 Å². The van der Waals surface area contributed by atoms with Gasteiger partial charge in [-0.05, 0) is 44.4 Å². The Hall–Kier alpha value is -1.80. The Bertz CT molecular complexity index is 579. The van der Waals surface area contributed by atoms with E-state index in [1.165, 1.54) is 16.7 Å². The summed E-state index contributed by atoms with van der Waals surface area (Å²) >= 11 is 0. The molecule has 0 amide bonds. The molecule has 1 unspecified atom stereocenters. The highest BCUT2D eigenvalue weighted by Gasteiger charge is 2.12. The van der Waals surface area contributed by atoms with Crippen LogP contribution in [0.3, 0.4) is 0 Å². The number of ether oxygens (including phenoxy) is 1. The van der Waals surface area contributed by atoms with E-state index < -0.39 is 0 Å². The Morgan fingerprint density at radius 2 is 1.81 bits per heavy atom. The average Bonchev–Trinajstić information content (AvgIpc) is 2.47. The maximum Gasteiger partial charge on any atom is 0.122 e. The van der Waals surface area contributed by atoms with Gasteiger partial charge >= 0.3 is 0 Å². The van der Waals surface area contributed by atoms with E-state index in [1.807, 2.05) is 12.1 Å². The van der Waals surface area contributed by atoms with Crippen LogP contribution in [0.4, 0.5) is 0 Å². The molecular weight excluding hydrogens is 258 g/mol. The van der Waals surface area contributed by atoms with Crippen LogP contribution in [0.25, 0.3) is 0 Å². The zero-order chi connectivity index (χ0) is 15.2. The predicted octanol–water partition coefficient (Wildman–Crippen LogP) is 4.29. The van der Waals surface area contributed by atoms with Crippen molar-refractivity contribution in [1.29, 1.82) is 0 Å². The molecule has 1 N–H and O–H groups in total. The van der Waals surface area contributed by atoms with Gasteiger partial charge in [0.2, 0.25) is 0 Å². The second-order valence-electron chi connectivity index (χ2n) is 5.72. The molecule has 0 aliphatic carbocycles. The van der Waals surface area contributed by atoms with Gasteiger partial charge in [0, 0.05) is 12.1 Å². The van der Waals surface area contributed by atoms with Gasteiger partial charge in [-0.3, -0.25) is 0 Å². The van der Waals surface area contributed by atoms with Crippen molar-refractivity contribution in [3.8, 4) is 5.75 Å².